The third kappa shape index (κ3) is 3.24. The molecule has 0 bridgehead atoms. The van der Waals surface area contributed by atoms with Crippen LogP contribution in [0.3, 0.4) is 0 Å². The standard InChI is InChI=1S/C18H19N3O2/c1-13(12-22-2)11-17-19-18-6-4-5-16(21(18)20-17)14-7-9-15(23-3)10-8-14/h4-10H,1,11-12H2,2-3H3. The molecule has 0 atom stereocenters. The summed E-state index contributed by atoms with van der Waals surface area (Å²) in [6.07, 6.45) is 0.609. The molecule has 0 aliphatic heterocycles. The first-order chi connectivity index (χ1) is 11.2. The van der Waals surface area contributed by atoms with E-state index >= 15 is 0 Å². The molecule has 0 N–H and O–H groups in total. The number of rotatable bonds is 6. The summed E-state index contributed by atoms with van der Waals surface area (Å²) in [7, 11) is 3.32. The van der Waals surface area contributed by atoms with Gasteiger partial charge in [-0.2, -0.15) is 5.10 Å². The van der Waals surface area contributed by atoms with Crippen LogP contribution in [0.1, 0.15) is 5.82 Å². The second-order valence-corrected chi connectivity index (χ2v) is 5.30. The van der Waals surface area contributed by atoms with Crippen LogP contribution in [0.2, 0.25) is 0 Å². The van der Waals surface area contributed by atoms with Crippen molar-refractivity contribution in [2.45, 2.75) is 6.42 Å². The fraction of sp³-hybridized carbons (Fsp3) is 0.222. The molecule has 0 spiro atoms. The fourth-order valence-corrected chi connectivity index (χ4v) is 2.48. The quantitative estimate of drug-likeness (QED) is 0.656. The van der Waals surface area contributed by atoms with Crippen molar-refractivity contribution in [2.75, 3.05) is 20.8 Å². The van der Waals surface area contributed by atoms with Gasteiger partial charge in [-0.05, 0) is 42.0 Å². The van der Waals surface area contributed by atoms with Gasteiger partial charge < -0.3 is 9.47 Å². The van der Waals surface area contributed by atoms with Crippen molar-refractivity contribution in [1.82, 2.24) is 14.6 Å². The molecule has 5 heteroatoms. The SMILES string of the molecule is C=C(COC)Cc1nc2cccc(-c3ccc(OC)cc3)n2n1. The second kappa shape index (κ2) is 6.62. The number of nitrogens with zero attached hydrogens (tertiary/aromatic N) is 3. The molecule has 0 aliphatic carbocycles. The van der Waals surface area contributed by atoms with E-state index in [1.54, 1.807) is 14.2 Å². The lowest BCUT2D eigenvalue weighted by Crippen LogP contribution is -1.99. The van der Waals surface area contributed by atoms with Crippen LogP contribution in [0, 0.1) is 0 Å². The molecule has 5 nitrogen and oxygen atoms in total. The Morgan fingerprint density at radius 2 is 1.91 bits per heavy atom. The third-order valence-corrected chi connectivity index (χ3v) is 3.55. The van der Waals surface area contributed by atoms with Crippen molar-refractivity contribution in [3.63, 3.8) is 0 Å². The van der Waals surface area contributed by atoms with Gasteiger partial charge in [0, 0.05) is 19.1 Å². The first-order valence-corrected chi connectivity index (χ1v) is 7.36. The third-order valence-electron chi connectivity index (χ3n) is 3.55. The molecule has 2 aromatic heterocycles. The first kappa shape index (κ1) is 15.2. The fourth-order valence-electron chi connectivity index (χ4n) is 2.48. The average molecular weight is 309 g/mol. The van der Waals surface area contributed by atoms with Crippen LogP contribution in [0.15, 0.2) is 54.6 Å². The molecule has 23 heavy (non-hydrogen) atoms. The lowest BCUT2D eigenvalue weighted by molar-refractivity contribution is 0.224. The molecular weight excluding hydrogens is 290 g/mol. The van der Waals surface area contributed by atoms with E-state index in [0.29, 0.717) is 13.0 Å². The lowest BCUT2D eigenvalue weighted by atomic mass is 10.1. The Bertz CT molecular complexity index is 822. The van der Waals surface area contributed by atoms with Crippen molar-refractivity contribution < 1.29 is 9.47 Å². The molecule has 0 radical (unpaired) electrons. The van der Waals surface area contributed by atoms with Gasteiger partial charge in [0.25, 0.3) is 0 Å². The molecule has 3 rings (SSSR count). The van der Waals surface area contributed by atoms with Crippen LogP contribution < -0.4 is 4.74 Å². The molecule has 118 valence electrons. The summed E-state index contributed by atoms with van der Waals surface area (Å²) in [5, 5.41) is 4.61. The molecule has 0 amide bonds. The number of fused-ring (bicyclic) bond motifs is 1. The number of aromatic nitrogens is 3. The van der Waals surface area contributed by atoms with Crippen molar-refractivity contribution in [1.29, 1.82) is 0 Å². The number of methoxy groups -OCH3 is 2. The lowest BCUT2D eigenvalue weighted by Gasteiger charge is -2.05. The van der Waals surface area contributed by atoms with Gasteiger partial charge in [-0.3, -0.25) is 0 Å². The number of benzene rings is 1. The Balaban J connectivity index is 1.97. The Morgan fingerprint density at radius 1 is 1.13 bits per heavy atom. The largest absolute Gasteiger partial charge is 0.497 e. The van der Waals surface area contributed by atoms with Crippen LogP contribution in [0.25, 0.3) is 16.9 Å². The smallest absolute Gasteiger partial charge is 0.156 e. The Labute approximate surface area is 135 Å². The zero-order chi connectivity index (χ0) is 16.2. The molecule has 0 aliphatic rings. The minimum Gasteiger partial charge on any atom is -0.497 e. The van der Waals surface area contributed by atoms with Crippen LogP contribution in [-0.4, -0.2) is 35.4 Å². The highest BCUT2D eigenvalue weighted by Gasteiger charge is 2.10. The number of ether oxygens (including phenoxy) is 2. The number of hydrogen-bond donors (Lipinski definition) is 0. The Morgan fingerprint density at radius 3 is 2.61 bits per heavy atom. The highest BCUT2D eigenvalue weighted by molar-refractivity contribution is 5.63. The maximum atomic E-state index is 5.21. The minimum absolute atomic E-state index is 0.515. The van der Waals surface area contributed by atoms with Gasteiger partial charge in [0.2, 0.25) is 0 Å². The van der Waals surface area contributed by atoms with E-state index in [2.05, 4.69) is 16.7 Å². The van der Waals surface area contributed by atoms with Gasteiger partial charge in [0.15, 0.2) is 11.5 Å². The van der Waals surface area contributed by atoms with Crippen molar-refractivity contribution in [3.8, 4) is 17.0 Å². The molecule has 0 fully saturated rings. The van der Waals surface area contributed by atoms with E-state index in [1.165, 1.54) is 0 Å². The molecule has 2 heterocycles. The van der Waals surface area contributed by atoms with E-state index in [0.717, 1.165) is 34.1 Å². The monoisotopic (exact) mass is 309 g/mol. The van der Waals surface area contributed by atoms with Gasteiger partial charge in [-0.25, -0.2) is 9.50 Å². The summed E-state index contributed by atoms with van der Waals surface area (Å²) < 4.78 is 12.2. The molecule has 0 saturated carbocycles. The van der Waals surface area contributed by atoms with Gasteiger partial charge in [-0.1, -0.05) is 12.6 Å². The van der Waals surface area contributed by atoms with E-state index in [9.17, 15) is 0 Å². The zero-order valence-electron chi connectivity index (χ0n) is 13.3. The molecule has 1 aromatic carbocycles. The van der Waals surface area contributed by atoms with Crippen molar-refractivity contribution in [3.05, 3.63) is 60.4 Å². The Hall–Kier alpha value is -2.66. The van der Waals surface area contributed by atoms with Crippen molar-refractivity contribution in [2.24, 2.45) is 0 Å². The molecule has 3 aromatic rings. The van der Waals surface area contributed by atoms with Crippen LogP contribution in [-0.2, 0) is 11.2 Å². The predicted molar refractivity (Wildman–Crippen MR) is 89.7 cm³/mol. The van der Waals surface area contributed by atoms with E-state index in [4.69, 9.17) is 9.47 Å². The van der Waals surface area contributed by atoms with Gasteiger partial charge in [-0.15, -0.1) is 0 Å². The van der Waals surface area contributed by atoms with E-state index < -0.39 is 0 Å². The molecule has 0 saturated heterocycles. The normalized spacial score (nSPS) is 10.9. The van der Waals surface area contributed by atoms with Gasteiger partial charge in [0.1, 0.15) is 5.75 Å². The highest BCUT2D eigenvalue weighted by Crippen LogP contribution is 2.23. The zero-order valence-corrected chi connectivity index (χ0v) is 13.3. The van der Waals surface area contributed by atoms with Crippen LogP contribution in [0.4, 0.5) is 0 Å². The molecular formula is C18H19N3O2. The summed E-state index contributed by atoms with van der Waals surface area (Å²) >= 11 is 0. The van der Waals surface area contributed by atoms with Crippen molar-refractivity contribution >= 4 is 5.65 Å². The van der Waals surface area contributed by atoms with Crippen LogP contribution in [0.5, 0.6) is 5.75 Å². The predicted octanol–water partition coefficient (Wildman–Crippen LogP) is 3.15. The summed E-state index contributed by atoms with van der Waals surface area (Å²) in [5.74, 6) is 1.57. The van der Waals surface area contributed by atoms with E-state index in [1.807, 2.05) is 47.0 Å². The number of pyridine rings is 1. The second-order valence-electron chi connectivity index (χ2n) is 5.30. The maximum absolute atomic E-state index is 5.21. The van der Waals surface area contributed by atoms with Gasteiger partial charge >= 0.3 is 0 Å². The Kier molecular flexibility index (Phi) is 4.39. The maximum Gasteiger partial charge on any atom is 0.156 e. The highest BCUT2D eigenvalue weighted by atomic mass is 16.5. The summed E-state index contributed by atoms with van der Waals surface area (Å²) in [5.41, 5.74) is 3.82. The summed E-state index contributed by atoms with van der Waals surface area (Å²) in [6, 6.07) is 13.9. The topological polar surface area (TPSA) is 48.7 Å². The summed E-state index contributed by atoms with van der Waals surface area (Å²) in [6.45, 7) is 4.50. The first-order valence-electron chi connectivity index (χ1n) is 7.36. The average Bonchev–Trinajstić information content (AvgIpc) is 2.97. The van der Waals surface area contributed by atoms with Gasteiger partial charge in [0.05, 0.1) is 19.4 Å². The van der Waals surface area contributed by atoms with Crippen LogP contribution >= 0.6 is 0 Å². The van der Waals surface area contributed by atoms with E-state index in [-0.39, 0.29) is 0 Å². The number of hydrogen-bond acceptors (Lipinski definition) is 4. The molecule has 0 unspecified atom stereocenters. The summed E-state index contributed by atoms with van der Waals surface area (Å²) in [4.78, 5) is 4.57. The minimum atomic E-state index is 0.515.